The first kappa shape index (κ1) is 24.6. The van der Waals surface area contributed by atoms with Crippen LogP contribution in [0.5, 0.6) is 0 Å². The SMILES string of the molecule is Cc1n(CCCO)cc[n+]1C.O=S(=O)([N-]S(=O)(=O)C(F)(F)F)C(F)(F)F. The fourth-order valence-corrected chi connectivity index (χ4v) is 3.00. The van der Waals surface area contributed by atoms with Crippen LogP contribution in [0.15, 0.2) is 12.4 Å². The van der Waals surface area contributed by atoms with Crippen LogP contribution in [0, 0.1) is 6.92 Å². The molecule has 0 bridgehead atoms. The molecule has 0 saturated carbocycles. The number of aryl methyl sites for hydroxylation is 2. The molecule has 1 rings (SSSR count). The Morgan fingerprint density at radius 1 is 1.08 bits per heavy atom. The van der Waals surface area contributed by atoms with Crippen LogP contribution in [0.4, 0.5) is 26.3 Å². The Morgan fingerprint density at radius 3 is 1.77 bits per heavy atom. The molecule has 0 aliphatic heterocycles. The number of hydrogen-bond donors (Lipinski definition) is 1. The van der Waals surface area contributed by atoms with E-state index in [9.17, 15) is 43.2 Å². The third-order valence-electron chi connectivity index (χ3n) is 2.73. The summed E-state index contributed by atoms with van der Waals surface area (Å²) in [6.07, 6.45) is 4.88. The third kappa shape index (κ3) is 6.73. The molecule has 16 heteroatoms. The zero-order valence-electron chi connectivity index (χ0n) is 13.3. The first-order chi connectivity index (χ1) is 11.5. The maximum Gasteiger partial charge on any atom is 0.480 e. The van der Waals surface area contributed by atoms with Crippen molar-refractivity contribution in [2.24, 2.45) is 7.05 Å². The van der Waals surface area contributed by atoms with E-state index < -0.39 is 31.1 Å². The van der Waals surface area contributed by atoms with Crippen LogP contribution in [0.2, 0.25) is 0 Å². The van der Waals surface area contributed by atoms with E-state index in [0.29, 0.717) is 0 Å². The number of halogens is 6. The summed E-state index contributed by atoms with van der Waals surface area (Å²) in [6.45, 7) is 3.24. The summed E-state index contributed by atoms with van der Waals surface area (Å²) in [4.78, 5) is 0. The Morgan fingerprint density at radius 2 is 1.50 bits per heavy atom. The average molecular weight is 435 g/mol. The molecule has 0 aliphatic carbocycles. The van der Waals surface area contributed by atoms with Gasteiger partial charge in [0.05, 0.1) is 13.6 Å². The molecule has 0 saturated heterocycles. The van der Waals surface area contributed by atoms with Gasteiger partial charge < -0.3 is 9.23 Å². The van der Waals surface area contributed by atoms with Crippen molar-refractivity contribution in [3.8, 4) is 0 Å². The van der Waals surface area contributed by atoms with Crippen molar-refractivity contribution >= 4 is 20.0 Å². The number of nitrogens with zero attached hydrogens (tertiary/aromatic N) is 3. The van der Waals surface area contributed by atoms with Crippen molar-refractivity contribution in [1.29, 1.82) is 0 Å². The number of hydrogen-bond acceptors (Lipinski definition) is 5. The second kappa shape index (κ2) is 8.53. The molecule has 0 amide bonds. The lowest BCUT2D eigenvalue weighted by molar-refractivity contribution is -0.677. The molecule has 1 aromatic heterocycles. The van der Waals surface area contributed by atoms with Gasteiger partial charge in [0.25, 0.3) is 5.82 Å². The van der Waals surface area contributed by atoms with Crippen molar-refractivity contribution in [3.63, 3.8) is 0 Å². The maximum atomic E-state index is 11.4. The van der Waals surface area contributed by atoms with Gasteiger partial charge in [-0.05, 0) is 0 Å². The molecule has 0 spiro atoms. The smallest absolute Gasteiger partial charge is 0.421 e. The minimum atomic E-state index is -6.72. The van der Waals surface area contributed by atoms with E-state index in [1.54, 1.807) is 0 Å². The molecule has 0 aromatic carbocycles. The first-order valence-corrected chi connectivity index (χ1v) is 9.33. The van der Waals surface area contributed by atoms with Crippen molar-refractivity contribution in [2.45, 2.75) is 30.9 Å². The molecule has 8 nitrogen and oxygen atoms in total. The van der Waals surface area contributed by atoms with E-state index in [1.807, 2.05) is 19.4 Å². The van der Waals surface area contributed by atoms with Crippen molar-refractivity contribution in [3.05, 3.63) is 22.3 Å². The van der Waals surface area contributed by atoms with Gasteiger partial charge in [-0.1, -0.05) is 0 Å². The highest BCUT2D eigenvalue weighted by molar-refractivity contribution is 8.13. The van der Waals surface area contributed by atoms with Gasteiger partial charge in [0.1, 0.15) is 12.4 Å². The van der Waals surface area contributed by atoms with Gasteiger partial charge in [0, 0.05) is 20.0 Å². The van der Waals surface area contributed by atoms with E-state index in [1.165, 1.54) is 5.82 Å². The summed E-state index contributed by atoms with van der Waals surface area (Å²) >= 11 is 0. The minimum Gasteiger partial charge on any atom is -0.421 e. The van der Waals surface area contributed by atoms with Gasteiger partial charge in [0.2, 0.25) is 0 Å². The van der Waals surface area contributed by atoms with Crippen LogP contribution in [0.25, 0.3) is 4.13 Å². The van der Waals surface area contributed by atoms with Crippen LogP contribution in [-0.4, -0.2) is 44.1 Å². The van der Waals surface area contributed by atoms with Gasteiger partial charge in [-0.3, -0.25) is 0 Å². The molecule has 1 N–H and O–H groups in total. The first-order valence-electron chi connectivity index (χ1n) is 6.45. The van der Waals surface area contributed by atoms with Gasteiger partial charge in [0.15, 0.2) is 20.0 Å². The molecule has 0 unspecified atom stereocenters. The predicted molar refractivity (Wildman–Crippen MR) is 75.4 cm³/mol. The summed E-state index contributed by atoms with van der Waals surface area (Å²) in [7, 11) is -11.4. The number of aromatic nitrogens is 2. The molecular formula is C10H15F6N3O5S2. The highest BCUT2D eigenvalue weighted by Gasteiger charge is 2.46. The van der Waals surface area contributed by atoms with Gasteiger partial charge in [-0.25, -0.2) is 26.0 Å². The van der Waals surface area contributed by atoms with Gasteiger partial charge in [-0.15, -0.1) is 0 Å². The predicted octanol–water partition coefficient (Wildman–Crippen LogP) is 1.06. The van der Waals surface area contributed by atoms with E-state index in [4.69, 9.17) is 5.11 Å². The van der Waals surface area contributed by atoms with Crippen molar-refractivity contribution in [1.82, 2.24) is 4.57 Å². The standard InChI is InChI=1S/C8H15N2O.C2F6NO4S2/c1-8-9(2)5-6-10(8)4-3-7-11;3-1(4,5)14(10,11)9-15(12,13)2(6,7)8/h5-6,11H,3-4,7H2,1-2H3;/q+1;-1. The normalized spacial score (nSPS) is 13.3. The molecule has 0 radical (unpaired) electrons. The Bertz CT molecular complexity index is 756. The molecule has 0 atom stereocenters. The number of rotatable bonds is 5. The zero-order valence-corrected chi connectivity index (χ0v) is 14.9. The van der Waals surface area contributed by atoms with E-state index in [-0.39, 0.29) is 6.61 Å². The fraction of sp³-hybridized carbons (Fsp3) is 0.700. The van der Waals surface area contributed by atoms with Crippen LogP contribution < -0.4 is 4.57 Å². The molecule has 0 fully saturated rings. The van der Waals surface area contributed by atoms with Crippen molar-refractivity contribution < 1.29 is 52.9 Å². The van der Waals surface area contributed by atoms with Gasteiger partial charge in [-0.2, -0.15) is 26.3 Å². The number of alkyl halides is 6. The largest absolute Gasteiger partial charge is 0.480 e. The fourth-order valence-electron chi connectivity index (χ4n) is 1.29. The Kier molecular flexibility index (Phi) is 8.08. The second-order valence-corrected chi connectivity index (χ2v) is 8.07. The Balaban J connectivity index is 0.000000502. The number of sulfonamides is 2. The highest BCUT2D eigenvalue weighted by Crippen LogP contribution is 2.36. The number of aliphatic hydroxyl groups excluding tert-OH is 1. The third-order valence-corrected chi connectivity index (χ3v) is 5.47. The summed E-state index contributed by atoms with van der Waals surface area (Å²) in [5, 5.41) is 8.61. The molecule has 154 valence electrons. The van der Waals surface area contributed by atoms with E-state index in [2.05, 4.69) is 16.1 Å². The van der Waals surface area contributed by atoms with Crippen LogP contribution >= 0.6 is 0 Å². The zero-order chi connectivity index (χ0) is 21.0. The molecule has 26 heavy (non-hydrogen) atoms. The molecular weight excluding hydrogens is 420 g/mol. The summed E-state index contributed by atoms with van der Waals surface area (Å²) in [6, 6.07) is 0. The summed E-state index contributed by atoms with van der Waals surface area (Å²) in [5.41, 5.74) is -12.4. The number of aliphatic hydroxyl groups is 1. The van der Waals surface area contributed by atoms with E-state index >= 15 is 0 Å². The van der Waals surface area contributed by atoms with Crippen LogP contribution in [0.3, 0.4) is 0 Å². The molecule has 1 aromatic rings. The highest BCUT2D eigenvalue weighted by atomic mass is 32.3. The minimum absolute atomic E-state index is 0.265. The topological polar surface area (TPSA) is 111 Å². The second-order valence-electron chi connectivity index (χ2n) is 4.64. The Labute approximate surface area is 145 Å². The lowest BCUT2D eigenvalue weighted by Gasteiger charge is -2.22. The van der Waals surface area contributed by atoms with Gasteiger partial charge >= 0.3 is 11.0 Å². The summed E-state index contributed by atoms with van der Waals surface area (Å²) in [5.74, 6) is 1.22. The maximum absolute atomic E-state index is 11.4. The van der Waals surface area contributed by atoms with Crippen LogP contribution in [0.1, 0.15) is 12.2 Å². The quantitative estimate of drug-likeness (QED) is 0.549. The molecule has 1 heterocycles. The van der Waals surface area contributed by atoms with Crippen molar-refractivity contribution in [2.75, 3.05) is 6.61 Å². The lowest BCUT2D eigenvalue weighted by atomic mass is 10.4. The Hall–Kier alpha value is -1.39. The summed E-state index contributed by atoms with van der Waals surface area (Å²) < 4.78 is 113. The molecule has 0 aliphatic rings. The number of imidazole rings is 1. The van der Waals surface area contributed by atoms with Crippen LogP contribution in [-0.2, 0) is 33.6 Å². The van der Waals surface area contributed by atoms with E-state index in [0.717, 1.165) is 17.1 Å². The average Bonchev–Trinajstić information content (AvgIpc) is 2.73. The monoisotopic (exact) mass is 435 g/mol. The lowest BCUT2D eigenvalue weighted by Crippen LogP contribution is -2.30.